The zero-order chi connectivity index (χ0) is 20.2. The summed E-state index contributed by atoms with van der Waals surface area (Å²) in [5.74, 6) is -0.709. The molecular weight excluding hydrogens is 374 g/mol. The number of aliphatic hydroxyl groups is 1. The highest BCUT2D eigenvalue weighted by molar-refractivity contribution is 7.81. The van der Waals surface area contributed by atoms with E-state index in [9.17, 15) is 24.8 Å². The van der Waals surface area contributed by atoms with Crippen LogP contribution >= 0.6 is 12.6 Å². The van der Waals surface area contributed by atoms with Crippen molar-refractivity contribution < 1.29 is 24.4 Å². The molecule has 1 aliphatic rings. The van der Waals surface area contributed by atoms with Crippen molar-refractivity contribution in [1.29, 1.82) is 0 Å². The Balaban J connectivity index is 2.12. The summed E-state index contributed by atoms with van der Waals surface area (Å²) in [5.41, 5.74) is 4.73. The van der Waals surface area contributed by atoms with Gasteiger partial charge in [-0.15, -0.1) is 0 Å². The summed E-state index contributed by atoms with van der Waals surface area (Å²) in [4.78, 5) is 36.2. The first-order valence-electron chi connectivity index (χ1n) is 8.53. The van der Waals surface area contributed by atoms with E-state index in [1.54, 1.807) is 6.92 Å². The molecule has 0 bridgehead atoms. The van der Waals surface area contributed by atoms with Crippen LogP contribution in [0.3, 0.4) is 0 Å². The number of likely N-dealkylation sites (tertiary alicyclic amines) is 1. The van der Waals surface area contributed by atoms with Crippen molar-refractivity contribution in [3.8, 4) is 0 Å². The number of nitrogens with two attached hydrogens (primary N) is 1. The van der Waals surface area contributed by atoms with Gasteiger partial charge < -0.3 is 15.6 Å². The fourth-order valence-electron chi connectivity index (χ4n) is 3.20. The number of non-ortho nitro benzene ring substituents is 1. The molecule has 1 fully saturated rings. The zero-order valence-electron chi connectivity index (χ0n) is 14.9. The molecule has 1 saturated heterocycles. The number of thiol groups is 1. The van der Waals surface area contributed by atoms with E-state index in [0.717, 1.165) is 0 Å². The van der Waals surface area contributed by atoms with Gasteiger partial charge in [-0.1, -0.05) is 6.92 Å². The van der Waals surface area contributed by atoms with Crippen molar-refractivity contribution in [3.63, 3.8) is 0 Å². The van der Waals surface area contributed by atoms with Crippen LogP contribution in [0.15, 0.2) is 24.3 Å². The average Bonchev–Trinajstić information content (AvgIpc) is 2.97. The number of nitro benzene ring substituents is 1. The highest BCUT2D eigenvalue weighted by Crippen LogP contribution is 2.37. The second-order valence-corrected chi connectivity index (χ2v) is 7.34. The van der Waals surface area contributed by atoms with E-state index in [-0.39, 0.29) is 36.9 Å². The molecule has 27 heavy (non-hydrogen) atoms. The van der Waals surface area contributed by atoms with Gasteiger partial charge in [-0.05, 0) is 30.5 Å². The van der Waals surface area contributed by atoms with E-state index in [1.165, 1.54) is 29.2 Å². The van der Waals surface area contributed by atoms with E-state index in [0.29, 0.717) is 12.0 Å². The maximum absolute atomic E-state index is 12.6. The van der Waals surface area contributed by atoms with Crippen LogP contribution in [0.1, 0.15) is 31.7 Å². The Morgan fingerprint density at radius 1 is 1.48 bits per heavy atom. The van der Waals surface area contributed by atoms with Crippen molar-refractivity contribution in [2.24, 2.45) is 5.73 Å². The van der Waals surface area contributed by atoms with Crippen molar-refractivity contribution in [3.05, 3.63) is 39.9 Å². The van der Waals surface area contributed by atoms with Gasteiger partial charge in [-0.3, -0.25) is 19.8 Å². The lowest BCUT2D eigenvalue weighted by Gasteiger charge is -2.36. The Morgan fingerprint density at radius 2 is 2.11 bits per heavy atom. The van der Waals surface area contributed by atoms with Gasteiger partial charge in [0.05, 0.1) is 11.0 Å². The molecule has 10 heteroatoms. The number of amides is 2. The first-order valence-corrected chi connectivity index (χ1v) is 9.05. The SMILES string of the molecule is CC[C@@H](O)C[C@@]1(C(N)=O)C[C@H](S)CN1C(=O)OCc1ccc([N+](=O)[O-])cc1. The lowest BCUT2D eigenvalue weighted by Crippen LogP contribution is -2.57. The van der Waals surface area contributed by atoms with E-state index in [4.69, 9.17) is 10.5 Å². The molecule has 0 spiro atoms. The summed E-state index contributed by atoms with van der Waals surface area (Å²) < 4.78 is 5.28. The standard InChI is InChI=1S/C17H23N3O6S/c1-2-13(21)7-17(15(18)22)8-14(27)9-19(17)16(23)26-10-11-3-5-12(6-4-11)20(24)25/h3-6,13-14,21,27H,2,7-10H2,1H3,(H2,18,22)/t13-,14+,17+/m1/s1. The molecule has 2 rings (SSSR count). The number of nitro groups is 1. The Hall–Kier alpha value is -2.33. The molecule has 0 aromatic heterocycles. The van der Waals surface area contributed by atoms with Crippen molar-refractivity contribution in [2.45, 2.75) is 49.7 Å². The molecule has 1 aliphatic heterocycles. The minimum Gasteiger partial charge on any atom is -0.445 e. The summed E-state index contributed by atoms with van der Waals surface area (Å²) in [6.07, 6.45) is -0.872. The second kappa shape index (κ2) is 8.57. The van der Waals surface area contributed by atoms with E-state index in [1.807, 2.05) is 0 Å². The lowest BCUT2D eigenvalue weighted by atomic mass is 9.87. The number of carbonyl (C=O) groups is 2. The maximum Gasteiger partial charge on any atom is 0.411 e. The molecular formula is C17H23N3O6S. The van der Waals surface area contributed by atoms with Crippen LogP contribution in [0.4, 0.5) is 10.5 Å². The van der Waals surface area contributed by atoms with E-state index in [2.05, 4.69) is 12.6 Å². The summed E-state index contributed by atoms with van der Waals surface area (Å²) in [5, 5.41) is 20.4. The molecule has 0 radical (unpaired) electrons. The number of rotatable bonds is 7. The van der Waals surface area contributed by atoms with Crippen LogP contribution in [-0.4, -0.2) is 50.4 Å². The number of hydrogen-bond acceptors (Lipinski definition) is 7. The Kier molecular flexibility index (Phi) is 6.66. The van der Waals surface area contributed by atoms with Gasteiger partial charge in [-0.25, -0.2) is 4.79 Å². The third-order valence-electron chi connectivity index (χ3n) is 4.72. The molecule has 1 aromatic rings. The maximum atomic E-state index is 12.6. The van der Waals surface area contributed by atoms with Crippen LogP contribution < -0.4 is 5.73 Å². The monoisotopic (exact) mass is 397 g/mol. The first-order chi connectivity index (χ1) is 12.7. The number of benzene rings is 1. The molecule has 148 valence electrons. The normalized spacial score (nSPS) is 23.1. The molecule has 0 aliphatic carbocycles. The third-order valence-corrected chi connectivity index (χ3v) is 5.06. The van der Waals surface area contributed by atoms with Crippen molar-refractivity contribution >= 4 is 30.3 Å². The van der Waals surface area contributed by atoms with Crippen molar-refractivity contribution in [2.75, 3.05) is 6.54 Å². The van der Waals surface area contributed by atoms with Crippen molar-refractivity contribution in [1.82, 2.24) is 4.90 Å². The van der Waals surface area contributed by atoms with Gasteiger partial charge in [0.25, 0.3) is 5.69 Å². The molecule has 1 aromatic carbocycles. The van der Waals surface area contributed by atoms with Crippen LogP contribution in [0, 0.1) is 10.1 Å². The average molecular weight is 397 g/mol. The minimum atomic E-state index is -1.35. The number of primary amides is 1. The van der Waals surface area contributed by atoms with Crippen LogP contribution in [0.25, 0.3) is 0 Å². The van der Waals surface area contributed by atoms with Crippen LogP contribution in [-0.2, 0) is 16.1 Å². The number of aliphatic hydroxyl groups excluding tert-OH is 1. The molecule has 9 nitrogen and oxygen atoms in total. The van der Waals surface area contributed by atoms with Crippen LogP contribution in [0.2, 0.25) is 0 Å². The van der Waals surface area contributed by atoms with Crippen LogP contribution in [0.5, 0.6) is 0 Å². The Labute approximate surface area is 162 Å². The van der Waals surface area contributed by atoms with Gasteiger partial charge in [0.15, 0.2) is 0 Å². The van der Waals surface area contributed by atoms with Gasteiger partial charge in [0, 0.05) is 30.3 Å². The number of nitrogens with zero attached hydrogens (tertiary/aromatic N) is 2. The summed E-state index contributed by atoms with van der Waals surface area (Å²) in [7, 11) is 0. The topological polar surface area (TPSA) is 136 Å². The highest BCUT2D eigenvalue weighted by atomic mass is 32.1. The quantitative estimate of drug-likeness (QED) is 0.363. The summed E-state index contributed by atoms with van der Waals surface area (Å²) in [6.45, 7) is 1.82. The summed E-state index contributed by atoms with van der Waals surface area (Å²) >= 11 is 4.37. The largest absolute Gasteiger partial charge is 0.445 e. The first kappa shape index (κ1) is 21.0. The molecule has 0 unspecified atom stereocenters. The molecule has 1 heterocycles. The minimum absolute atomic E-state index is 0.0164. The smallest absolute Gasteiger partial charge is 0.411 e. The fraction of sp³-hybridized carbons (Fsp3) is 0.529. The molecule has 0 saturated carbocycles. The van der Waals surface area contributed by atoms with Gasteiger partial charge in [-0.2, -0.15) is 12.6 Å². The predicted molar refractivity (Wildman–Crippen MR) is 100 cm³/mol. The summed E-state index contributed by atoms with van der Waals surface area (Å²) in [6, 6.07) is 5.60. The van der Waals surface area contributed by atoms with E-state index >= 15 is 0 Å². The second-order valence-electron chi connectivity index (χ2n) is 6.61. The molecule has 3 atom stereocenters. The zero-order valence-corrected chi connectivity index (χ0v) is 15.8. The molecule has 3 N–H and O–H groups in total. The van der Waals surface area contributed by atoms with Gasteiger partial charge >= 0.3 is 6.09 Å². The Bertz CT molecular complexity index is 713. The predicted octanol–water partition coefficient (Wildman–Crippen LogP) is 1.62. The van der Waals surface area contributed by atoms with Gasteiger partial charge in [0.1, 0.15) is 12.1 Å². The number of hydrogen-bond donors (Lipinski definition) is 3. The van der Waals surface area contributed by atoms with E-state index < -0.39 is 28.6 Å². The number of ether oxygens (including phenoxy) is 1. The Morgan fingerprint density at radius 3 is 2.63 bits per heavy atom. The third kappa shape index (κ3) is 4.69. The fourth-order valence-corrected chi connectivity index (χ4v) is 3.66. The van der Waals surface area contributed by atoms with Gasteiger partial charge in [0.2, 0.25) is 5.91 Å². The number of carbonyl (C=O) groups excluding carboxylic acids is 2. The lowest BCUT2D eigenvalue weighted by molar-refractivity contribution is -0.384. The molecule has 2 amide bonds. The highest BCUT2D eigenvalue weighted by Gasteiger charge is 2.53.